The molecular weight excluding hydrogens is 409 g/mol. The molecule has 1 atom stereocenters. The van der Waals surface area contributed by atoms with Crippen LogP contribution >= 0.6 is 0 Å². The largest absolute Gasteiger partial charge is 0.393 e. The summed E-state index contributed by atoms with van der Waals surface area (Å²) in [6, 6.07) is 5.35. The van der Waals surface area contributed by atoms with E-state index in [-0.39, 0.29) is 29.8 Å². The van der Waals surface area contributed by atoms with Crippen LogP contribution in [-0.4, -0.2) is 60.1 Å². The molecule has 1 aromatic rings. The highest BCUT2D eigenvalue weighted by Gasteiger charge is 2.50. The van der Waals surface area contributed by atoms with Crippen molar-refractivity contribution >= 4 is 23.2 Å². The molecule has 0 aromatic heterocycles. The molecule has 174 valence electrons. The number of nitrogens with zero attached hydrogens (tertiary/aromatic N) is 3. The van der Waals surface area contributed by atoms with Crippen LogP contribution in [0.4, 0.5) is 15.8 Å². The molecule has 3 aliphatic heterocycles. The van der Waals surface area contributed by atoms with Crippen molar-refractivity contribution in [3.05, 3.63) is 24.0 Å². The Morgan fingerprint density at radius 2 is 1.78 bits per heavy atom. The van der Waals surface area contributed by atoms with E-state index >= 15 is 4.39 Å². The van der Waals surface area contributed by atoms with Gasteiger partial charge < -0.3 is 19.8 Å². The van der Waals surface area contributed by atoms with Gasteiger partial charge in [0.05, 0.1) is 17.2 Å². The maximum Gasteiger partial charge on any atom is 0.230 e. The topological polar surface area (TPSA) is 64.1 Å². The van der Waals surface area contributed by atoms with Crippen LogP contribution in [0.15, 0.2) is 18.2 Å². The van der Waals surface area contributed by atoms with Gasteiger partial charge >= 0.3 is 0 Å². The molecule has 7 heteroatoms. The number of halogens is 1. The molecule has 1 spiro atoms. The third-order valence-corrected chi connectivity index (χ3v) is 8.14. The standard InChI is InChI=1S/C25H34FN3O3/c26-21-16-19(28-14-2-1-4-23(28)31)7-10-22(21)27-13-3-11-25(17-27)12-15-29(24(25)32)18-5-8-20(30)9-6-18/h7,10,16,18,20,30H,1-6,8-9,11-15,17H2/t18?,20?,25-/m1/s1. The molecule has 4 aliphatic rings. The zero-order chi connectivity index (χ0) is 22.3. The normalized spacial score (nSPS) is 31.6. The Bertz CT molecular complexity index is 885. The Balaban J connectivity index is 1.31. The number of carbonyl (C=O) groups excluding carboxylic acids is 2. The van der Waals surface area contributed by atoms with Gasteiger partial charge in [-0.15, -0.1) is 0 Å². The molecule has 32 heavy (non-hydrogen) atoms. The Morgan fingerprint density at radius 3 is 2.53 bits per heavy atom. The van der Waals surface area contributed by atoms with Crippen molar-refractivity contribution in [2.75, 3.05) is 36.0 Å². The van der Waals surface area contributed by atoms with Gasteiger partial charge in [-0.3, -0.25) is 9.59 Å². The summed E-state index contributed by atoms with van der Waals surface area (Å²) < 4.78 is 15.2. The first kappa shape index (κ1) is 21.7. The number of aliphatic hydroxyl groups is 1. The van der Waals surface area contributed by atoms with Gasteiger partial charge in [0.1, 0.15) is 5.82 Å². The third kappa shape index (κ3) is 3.89. The van der Waals surface area contributed by atoms with E-state index in [1.54, 1.807) is 11.0 Å². The molecule has 6 nitrogen and oxygen atoms in total. The summed E-state index contributed by atoms with van der Waals surface area (Å²) in [6.07, 6.45) is 7.98. The van der Waals surface area contributed by atoms with E-state index in [0.29, 0.717) is 30.9 Å². The summed E-state index contributed by atoms with van der Waals surface area (Å²) in [5, 5.41) is 9.81. The van der Waals surface area contributed by atoms with Crippen LogP contribution in [0.1, 0.15) is 64.2 Å². The molecule has 4 fully saturated rings. The van der Waals surface area contributed by atoms with Crippen molar-refractivity contribution in [2.45, 2.75) is 76.4 Å². The SMILES string of the molecule is O=C1CCCCN1c1ccc(N2CCC[C@@]3(CCN(C4CCC(O)CC4)C3=O)C2)c(F)c1. The summed E-state index contributed by atoms with van der Waals surface area (Å²) >= 11 is 0. The lowest BCUT2D eigenvalue weighted by molar-refractivity contribution is -0.139. The quantitative estimate of drug-likeness (QED) is 0.777. The Morgan fingerprint density at radius 1 is 0.969 bits per heavy atom. The zero-order valence-electron chi connectivity index (χ0n) is 18.8. The van der Waals surface area contributed by atoms with E-state index in [4.69, 9.17) is 0 Å². The summed E-state index contributed by atoms with van der Waals surface area (Å²) in [5.41, 5.74) is 0.733. The average Bonchev–Trinajstić information content (AvgIpc) is 3.10. The van der Waals surface area contributed by atoms with Gasteiger partial charge in [-0.25, -0.2) is 4.39 Å². The van der Waals surface area contributed by atoms with Crippen molar-refractivity contribution < 1.29 is 19.1 Å². The molecule has 1 aliphatic carbocycles. The molecule has 0 bridgehead atoms. The first-order valence-electron chi connectivity index (χ1n) is 12.3. The number of piperidine rings is 2. The molecule has 3 saturated heterocycles. The lowest BCUT2D eigenvalue weighted by Gasteiger charge is -2.41. The summed E-state index contributed by atoms with van der Waals surface area (Å²) in [7, 11) is 0. The minimum Gasteiger partial charge on any atom is -0.393 e. The van der Waals surface area contributed by atoms with Crippen molar-refractivity contribution in [3.8, 4) is 0 Å². The average molecular weight is 444 g/mol. The molecule has 1 N–H and O–H groups in total. The van der Waals surface area contributed by atoms with Crippen LogP contribution in [-0.2, 0) is 9.59 Å². The van der Waals surface area contributed by atoms with E-state index in [1.165, 1.54) is 6.07 Å². The second-order valence-corrected chi connectivity index (χ2v) is 10.2. The molecule has 2 amide bonds. The predicted molar refractivity (Wildman–Crippen MR) is 121 cm³/mol. The van der Waals surface area contributed by atoms with Crippen LogP contribution < -0.4 is 9.80 Å². The van der Waals surface area contributed by atoms with E-state index in [2.05, 4.69) is 4.90 Å². The predicted octanol–water partition coefficient (Wildman–Crippen LogP) is 3.47. The first-order chi connectivity index (χ1) is 15.5. The van der Waals surface area contributed by atoms with Gasteiger partial charge in [0.2, 0.25) is 11.8 Å². The highest BCUT2D eigenvalue weighted by molar-refractivity contribution is 5.94. The fourth-order valence-corrected chi connectivity index (χ4v) is 6.28. The number of likely N-dealkylation sites (tertiary alicyclic amines) is 1. The fraction of sp³-hybridized carbons (Fsp3) is 0.680. The minimum absolute atomic E-state index is 0.0622. The summed E-state index contributed by atoms with van der Waals surface area (Å²) in [4.78, 5) is 31.5. The number of rotatable bonds is 3. The summed E-state index contributed by atoms with van der Waals surface area (Å²) in [5.74, 6) is -0.0341. The lowest BCUT2D eigenvalue weighted by atomic mass is 9.78. The molecule has 3 heterocycles. The van der Waals surface area contributed by atoms with Crippen LogP contribution in [0.5, 0.6) is 0 Å². The molecule has 1 saturated carbocycles. The number of hydrogen-bond acceptors (Lipinski definition) is 4. The van der Waals surface area contributed by atoms with Crippen LogP contribution in [0.2, 0.25) is 0 Å². The van der Waals surface area contributed by atoms with E-state index < -0.39 is 5.41 Å². The van der Waals surface area contributed by atoms with Gasteiger partial charge in [-0.2, -0.15) is 0 Å². The van der Waals surface area contributed by atoms with Gasteiger partial charge in [0, 0.05) is 44.3 Å². The van der Waals surface area contributed by atoms with Crippen LogP contribution in [0, 0.1) is 11.2 Å². The number of amides is 2. The molecule has 1 aromatic carbocycles. The molecule has 5 rings (SSSR count). The third-order valence-electron chi connectivity index (χ3n) is 8.14. The number of aliphatic hydroxyl groups excluding tert-OH is 1. The van der Waals surface area contributed by atoms with Crippen molar-refractivity contribution in [1.82, 2.24) is 4.90 Å². The molecular formula is C25H34FN3O3. The van der Waals surface area contributed by atoms with Gasteiger partial charge in [-0.1, -0.05) is 0 Å². The Kier molecular flexibility index (Phi) is 5.86. The van der Waals surface area contributed by atoms with Gasteiger partial charge in [0.25, 0.3) is 0 Å². The number of benzene rings is 1. The van der Waals surface area contributed by atoms with Crippen LogP contribution in [0.3, 0.4) is 0 Å². The van der Waals surface area contributed by atoms with Crippen molar-refractivity contribution in [2.24, 2.45) is 5.41 Å². The monoisotopic (exact) mass is 443 g/mol. The second-order valence-electron chi connectivity index (χ2n) is 10.2. The highest BCUT2D eigenvalue weighted by atomic mass is 19.1. The Labute approximate surface area is 189 Å². The number of anilines is 2. The number of carbonyl (C=O) groups is 2. The fourth-order valence-electron chi connectivity index (χ4n) is 6.28. The van der Waals surface area contributed by atoms with Crippen LogP contribution in [0.25, 0.3) is 0 Å². The zero-order valence-corrected chi connectivity index (χ0v) is 18.8. The maximum absolute atomic E-state index is 15.2. The molecule has 0 unspecified atom stereocenters. The Hall–Kier alpha value is -2.15. The first-order valence-corrected chi connectivity index (χ1v) is 12.3. The smallest absolute Gasteiger partial charge is 0.230 e. The van der Waals surface area contributed by atoms with E-state index in [9.17, 15) is 14.7 Å². The van der Waals surface area contributed by atoms with Gasteiger partial charge in [0.15, 0.2) is 0 Å². The highest BCUT2D eigenvalue weighted by Crippen LogP contribution is 2.44. The minimum atomic E-state index is -0.428. The van der Waals surface area contributed by atoms with E-state index in [0.717, 1.165) is 70.9 Å². The van der Waals surface area contributed by atoms with Gasteiger partial charge in [-0.05, 0) is 76.0 Å². The second kappa shape index (κ2) is 8.65. The van der Waals surface area contributed by atoms with E-state index in [1.807, 2.05) is 11.0 Å². The summed E-state index contributed by atoms with van der Waals surface area (Å²) in [6.45, 7) is 2.71. The van der Waals surface area contributed by atoms with Crippen molar-refractivity contribution in [3.63, 3.8) is 0 Å². The maximum atomic E-state index is 15.2. The molecule has 0 radical (unpaired) electrons. The lowest BCUT2D eigenvalue weighted by Crippen LogP contribution is -2.50. The number of hydrogen-bond donors (Lipinski definition) is 1. The van der Waals surface area contributed by atoms with Crippen molar-refractivity contribution in [1.29, 1.82) is 0 Å².